The van der Waals surface area contributed by atoms with Crippen LogP contribution in [-0.2, 0) is 6.42 Å². The number of hydrogen-bond acceptors (Lipinski definition) is 4. The van der Waals surface area contributed by atoms with Crippen molar-refractivity contribution in [2.24, 2.45) is 0 Å². The largest absolute Gasteiger partial charge is 0.337 e. The van der Waals surface area contributed by atoms with Crippen LogP contribution in [0, 0.1) is 0 Å². The van der Waals surface area contributed by atoms with Gasteiger partial charge in [0.1, 0.15) is 5.69 Å². The number of benzene rings is 1. The first-order valence-electron chi connectivity index (χ1n) is 9.58. The van der Waals surface area contributed by atoms with Gasteiger partial charge >= 0.3 is 0 Å². The molecule has 4 rings (SSSR count). The quantitative estimate of drug-likeness (QED) is 0.709. The summed E-state index contributed by atoms with van der Waals surface area (Å²) < 4.78 is 0. The first-order chi connectivity index (χ1) is 13.3. The van der Waals surface area contributed by atoms with Crippen LogP contribution in [0.2, 0.25) is 0 Å². The third-order valence-corrected chi connectivity index (χ3v) is 6.01. The lowest BCUT2D eigenvalue weighted by atomic mass is 9.90. The number of thiazole rings is 1. The monoisotopic (exact) mass is 380 g/mol. The molecule has 0 aliphatic carbocycles. The van der Waals surface area contributed by atoms with E-state index in [2.05, 4.69) is 34.2 Å². The topological polar surface area (TPSA) is 61.9 Å². The Balaban J connectivity index is 1.52. The van der Waals surface area contributed by atoms with E-state index in [9.17, 15) is 4.79 Å². The maximum Gasteiger partial charge on any atom is 0.273 e. The van der Waals surface area contributed by atoms with Crippen molar-refractivity contribution in [1.29, 1.82) is 0 Å². The molecule has 1 fully saturated rings. The highest BCUT2D eigenvalue weighted by Crippen LogP contribution is 2.33. The van der Waals surface area contributed by atoms with Crippen LogP contribution >= 0.6 is 11.3 Å². The summed E-state index contributed by atoms with van der Waals surface area (Å²) in [6.07, 6.45) is 5.94. The molecule has 0 saturated carbocycles. The van der Waals surface area contributed by atoms with Gasteiger partial charge in [-0.15, -0.1) is 11.3 Å². The molecule has 1 atom stereocenters. The minimum atomic E-state index is 0.0547. The maximum atomic E-state index is 12.9. The SMILES string of the molecule is CCCc1nc(C(=O)N2CCCC(c3[nH]ncc3-c3ccccc3)C2)cs1. The van der Waals surface area contributed by atoms with Gasteiger partial charge in [0.2, 0.25) is 0 Å². The van der Waals surface area contributed by atoms with Crippen LogP contribution in [0.4, 0.5) is 0 Å². The van der Waals surface area contributed by atoms with Crippen molar-refractivity contribution in [2.75, 3.05) is 13.1 Å². The Hall–Kier alpha value is -2.47. The van der Waals surface area contributed by atoms with E-state index in [0.717, 1.165) is 54.1 Å². The number of likely N-dealkylation sites (tertiary alicyclic amines) is 1. The molecule has 1 aliphatic heterocycles. The number of nitrogens with zero attached hydrogens (tertiary/aromatic N) is 3. The summed E-state index contributed by atoms with van der Waals surface area (Å²) >= 11 is 1.59. The predicted molar refractivity (Wildman–Crippen MR) is 108 cm³/mol. The summed E-state index contributed by atoms with van der Waals surface area (Å²) in [5.74, 6) is 0.327. The second kappa shape index (κ2) is 8.05. The molecule has 3 heterocycles. The van der Waals surface area contributed by atoms with Gasteiger partial charge in [0.05, 0.1) is 11.2 Å². The summed E-state index contributed by atoms with van der Waals surface area (Å²) in [5, 5.41) is 10.4. The smallest absolute Gasteiger partial charge is 0.273 e. The number of carbonyl (C=O) groups is 1. The number of aromatic nitrogens is 3. The number of hydrogen-bond donors (Lipinski definition) is 1. The van der Waals surface area contributed by atoms with E-state index in [1.165, 1.54) is 0 Å². The number of H-pyrrole nitrogens is 1. The second-order valence-electron chi connectivity index (χ2n) is 7.03. The summed E-state index contributed by atoms with van der Waals surface area (Å²) in [4.78, 5) is 19.4. The normalized spacial score (nSPS) is 17.2. The summed E-state index contributed by atoms with van der Waals surface area (Å²) in [6, 6.07) is 10.3. The van der Waals surface area contributed by atoms with Crippen molar-refractivity contribution in [1.82, 2.24) is 20.1 Å². The van der Waals surface area contributed by atoms with Gasteiger partial charge in [-0.1, -0.05) is 37.3 Å². The molecular weight excluding hydrogens is 356 g/mol. The number of aryl methyl sites for hydroxylation is 1. The standard InChI is InChI=1S/C21H24N4OS/c1-2-7-19-23-18(14-27-19)21(26)25-11-6-10-16(13-25)20-17(12-22-24-20)15-8-4-3-5-9-15/h3-5,8-9,12,14,16H,2,6-7,10-11,13H2,1H3,(H,22,24). The molecule has 5 nitrogen and oxygen atoms in total. The fourth-order valence-corrected chi connectivity index (χ4v) is 4.63. The van der Waals surface area contributed by atoms with E-state index in [-0.39, 0.29) is 11.8 Å². The summed E-state index contributed by atoms with van der Waals surface area (Å²) in [7, 11) is 0. The summed E-state index contributed by atoms with van der Waals surface area (Å²) in [6.45, 7) is 3.64. The maximum absolute atomic E-state index is 12.9. The Labute approximate surface area is 163 Å². The van der Waals surface area contributed by atoms with Gasteiger partial charge in [-0.2, -0.15) is 5.10 Å². The molecule has 1 aliphatic rings. The Morgan fingerprint density at radius 1 is 1.33 bits per heavy atom. The zero-order valence-corrected chi connectivity index (χ0v) is 16.3. The first-order valence-corrected chi connectivity index (χ1v) is 10.5. The van der Waals surface area contributed by atoms with Crippen LogP contribution in [0.25, 0.3) is 11.1 Å². The van der Waals surface area contributed by atoms with Gasteiger partial charge in [0.15, 0.2) is 0 Å². The highest BCUT2D eigenvalue weighted by atomic mass is 32.1. The fraction of sp³-hybridized carbons (Fsp3) is 0.381. The number of carbonyl (C=O) groups excluding carboxylic acids is 1. The van der Waals surface area contributed by atoms with Crippen LogP contribution in [0.1, 0.15) is 53.3 Å². The molecule has 0 bridgehead atoms. The number of aromatic amines is 1. The van der Waals surface area contributed by atoms with Crippen molar-refractivity contribution >= 4 is 17.2 Å². The van der Waals surface area contributed by atoms with Crippen molar-refractivity contribution in [3.8, 4) is 11.1 Å². The molecular formula is C21H24N4OS. The fourth-order valence-electron chi connectivity index (χ4n) is 3.75. The lowest BCUT2D eigenvalue weighted by Crippen LogP contribution is -2.39. The van der Waals surface area contributed by atoms with Gasteiger partial charge < -0.3 is 4.90 Å². The Morgan fingerprint density at radius 2 is 2.19 bits per heavy atom. The van der Waals surface area contributed by atoms with Gasteiger partial charge in [-0.25, -0.2) is 4.98 Å². The van der Waals surface area contributed by atoms with Gasteiger partial charge in [-0.05, 0) is 31.2 Å². The molecule has 0 radical (unpaired) electrons. The highest BCUT2D eigenvalue weighted by Gasteiger charge is 2.29. The molecule has 0 spiro atoms. The van der Waals surface area contributed by atoms with Crippen molar-refractivity contribution in [3.63, 3.8) is 0 Å². The number of rotatable bonds is 5. The first kappa shape index (κ1) is 17.9. The number of nitrogens with one attached hydrogen (secondary N) is 1. The number of amides is 1. The predicted octanol–water partition coefficient (Wildman–Crippen LogP) is 4.51. The van der Waals surface area contributed by atoms with Gasteiger partial charge in [0, 0.05) is 35.6 Å². The van der Waals surface area contributed by atoms with E-state index < -0.39 is 0 Å². The zero-order valence-electron chi connectivity index (χ0n) is 15.5. The molecule has 140 valence electrons. The Bertz CT molecular complexity index is 902. The molecule has 1 amide bonds. The van der Waals surface area contributed by atoms with Crippen LogP contribution in [0.3, 0.4) is 0 Å². The van der Waals surface area contributed by atoms with Crippen molar-refractivity contribution < 1.29 is 4.79 Å². The minimum absolute atomic E-state index is 0.0547. The molecule has 2 aromatic heterocycles. The van der Waals surface area contributed by atoms with E-state index >= 15 is 0 Å². The second-order valence-corrected chi connectivity index (χ2v) is 7.97. The molecule has 6 heteroatoms. The van der Waals surface area contributed by atoms with Gasteiger partial charge in [-0.3, -0.25) is 9.89 Å². The Kier molecular flexibility index (Phi) is 5.34. The lowest BCUT2D eigenvalue weighted by Gasteiger charge is -2.32. The minimum Gasteiger partial charge on any atom is -0.337 e. The van der Waals surface area contributed by atoms with Crippen LogP contribution in [0.15, 0.2) is 41.9 Å². The van der Waals surface area contributed by atoms with E-state index in [1.54, 1.807) is 11.3 Å². The molecule has 1 unspecified atom stereocenters. The summed E-state index contributed by atoms with van der Waals surface area (Å²) in [5.41, 5.74) is 4.02. The van der Waals surface area contributed by atoms with Crippen LogP contribution in [-0.4, -0.2) is 39.1 Å². The molecule has 1 N–H and O–H groups in total. The average Bonchev–Trinajstić information content (AvgIpc) is 3.38. The number of piperidine rings is 1. The van der Waals surface area contributed by atoms with Crippen molar-refractivity contribution in [3.05, 3.63) is 58.3 Å². The molecule has 1 aromatic carbocycles. The van der Waals surface area contributed by atoms with Crippen molar-refractivity contribution in [2.45, 2.75) is 38.5 Å². The molecule has 3 aromatic rings. The van der Waals surface area contributed by atoms with Gasteiger partial charge in [0.25, 0.3) is 5.91 Å². The highest BCUT2D eigenvalue weighted by molar-refractivity contribution is 7.09. The van der Waals surface area contributed by atoms with Crippen LogP contribution < -0.4 is 0 Å². The van der Waals surface area contributed by atoms with E-state index in [4.69, 9.17) is 0 Å². The Morgan fingerprint density at radius 3 is 3.00 bits per heavy atom. The van der Waals surface area contributed by atoms with E-state index in [1.807, 2.05) is 34.7 Å². The van der Waals surface area contributed by atoms with Crippen LogP contribution in [0.5, 0.6) is 0 Å². The van der Waals surface area contributed by atoms with E-state index in [0.29, 0.717) is 12.2 Å². The lowest BCUT2D eigenvalue weighted by molar-refractivity contribution is 0.0700. The molecule has 27 heavy (non-hydrogen) atoms. The average molecular weight is 381 g/mol. The third kappa shape index (κ3) is 3.81. The third-order valence-electron chi connectivity index (χ3n) is 5.11. The molecule has 1 saturated heterocycles. The zero-order chi connectivity index (χ0) is 18.6.